The van der Waals surface area contributed by atoms with Gasteiger partial charge in [-0.05, 0) is 30.7 Å². The molecule has 5 heteroatoms. The van der Waals surface area contributed by atoms with Crippen LogP contribution in [-0.2, 0) is 12.7 Å². The summed E-state index contributed by atoms with van der Waals surface area (Å²) in [7, 11) is 0. The fourth-order valence-electron chi connectivity index (χ4n) is 1.75. The van der Waals surface area contributed by atoms with Crippen LogP contribution in [0.25, 0.3) is 10.9 Å². The number of alkyl halides is 3. The predicted octanol–water partition coefficient (Wildman–Crippen LogP) is 3.02. The molecule has 0 saturated heterocycles. The zero-order valence-corrected chi connectivity index (χ0v) is 9.17. The molecule has 2 N–H and O–H groups in total. The monoisotopic (exact) mass is 240 g/mol. The van der Waals surface area contributed by atoms with E-state index in [0.29, 0.717) is 11.2 Å². The van der Waals surface area contributed by atoms with E-state index >= 15 is 0 Å². The van der Waals surface area contributed by atoms with E-state index in [9.17, 15) is 13.2 Å². The second-order valence-corrected chi connectivity index (χ2v) is 3.86. The van der Waals surface area contributed by atoms with Gasteiger partial charge in [-0.1, -0.05) is 6.07 Å². The average molecular weight is 240 g/mol. The Morgan fingerprint density at radius 1 is 1.24 bits per heavy atom. The number of benzene rings is 1. The number of nitrogens with two attached hydrogens (primary N) is 1. The first kappa shape index (κ1) is 11.9. The molecule has 2 rings (SSSR count). The zero-order chi connectivity index (χ0) is 12.6. The van der Waals surface area contributed by atoms with Crippen molar-refractivity contribution in [3.8, 4) is 0 Å². The maximum atomic E-state index is 12.5. The SMILES string of the molecule is Cc1cc(CN)nc2cc(C(F)(F)F)ccc12. The van der Waals surface area contributed by atoms with E-state index in [1.807, 2.05) is 6.92 Å². The number of halogens is 3. The Labute approximate surface area is 96.3 Å². The molecule has 17 heavy (non-hydrogen) atoms. The molecule has 0 radical (unpaired) electrons. The number of hydrogen-bond donors (Lipinski definition) is 1. The summed E-state index contributed by atoms with van der Waals surface area (Å²) in [6.07, 6.45) is -4.34. The smallest absolute Gasteiger partial charge is 0.325 e. The first-order valence-corrected chi connectivity index (χ1v) is 5.09. The standard InChI is InChI=1S/C12H11F3N2/c1-7-4-9(6-16)17-11-5-8(12(13,14)15)2-3-10(7)11/h2-5H,6,16H2,1H3. The Morgan fingerprint density at radius 2 is 1.94 bits per heavy atom. The predicted molar refractivity (Wildman–Crippen MR) is 59.4 cm³/mol. The lowest BCUT2D eigenvalue weighted by Crippen LogP contribution is -2.06. The van der Waals surface area contributed by atoms with Crippen molar-refractivity contribution >= 4 is 10.9 Å². The lowest BCUT2D eigenvalue weighted by Gasteiger charge is -2.09. The fraction of sp³-hybridized carbons (Fsp3) is 0.250. The Kier molecular flexibility index (Phi) is 2.79. The Hall–Kier alpha value is -1.62. The van der Waals surface area contributed by atoms with Gasteiger partial charge in [-0.2, -0.15) is 13.2 Å². The molecule has 0 atom stereocenters. The van der Waals surface area contributed by atoms with Gasteiger partial charge in [0.1, 0.15) is 0 Å². The molecular weight excluding hydrogens is 229 g/mol. The summed E-state index contributed by atoms with van der Waals surface area (Å²) in [5.41, 5.74) is 6.56. The van der Waals surface area contributed by atoms with Crippen LogP contribution in [0.15, 0.2) is 24.3 Å². The lowest BCUT2D eigenvalue weighted by molar-refractivity contribution is -0.137. The molecule has 2 aromatic rings. The van der Waals surface area contributed by atoms with Gasteiger partial charge < -0.3 is 5.73 Å². The highest BCUT2D eigenvalue weighted by Crippen LogP contribution is 2.31. The van der Waals surface area contributed by atoms with Gasteiger partial charge in [0, 0.05) is 11.9 Å². The van der Waals surface area contributed by atoms with Crippen molar-refractivity contribution in [2.45, 2.75) is 19.6 Å². The van der Waals surface area contributed by atoms with E-state index in [2.05, 4.69) is 4.98 Å². The maximum Gasteiger partial charge on any atom is 0.416 e. The Bertz CT molecular complexity index is 561. The number of nitrogens with zero attached hydrogens (tertiary/aromatic N) is 1. The minimum Gasteiger partial charge on any atom is -0.325 e. The third-order valence-electron chi connectivity index (χ3n) is 2.61. The maximum absolute atomic E-state index is 12.5. The number of fused-ring (bicyclic) bond motifs is 1. The molecule has 1 heterocycles. The molecule has 0 amide bonds. The van der Waals surface area contributed by atoms with Crippen LogP contribution in [0, 0.1) is 6.92 Å². The Balaban J connectivity index is 2.68. The summed E-state index contributed by atoms with van der Waals surface area (Å²) < 4.78 is 37.6. The first-order valence-electron chi connectivity index (χ1n) is 5.09. The van der Waals surface area contributed by atoms with Crippen molar-refractivity contribution in [2.24, 2.45) is 5.73 Å². The molecule has 1 aromatic carbocycles. The van der Waals surface area contributed by atoms with Crippen LogP contribution in [0.1, 0.15) is 16.8 Å². The minimum atomic E-state index is -4.34. The highest BCUT2D eigenvalue weighted by molar-refractivity contribution is 5.82. The number of aryl methyl sites for hydroxylation is 1. The van der Waals surface area contributed by atoms with E-state index in [1.165, 1.54) is 6.07 Å². The van der Waals surface area contributed by atoms with E-state index < -0.39 is 11.7 Å². The van der Waals surface area contributed by atoms with Gasteiger partial charge in [0.15, 0.2) is 0 Å². The van der Waals surface area contributed by atoms with Crippen molar-refractivity contribution in [2.75, 3.05) is 0 Å². The third-order valence-corrected chi connectivity index (χ3v) is 2.61. The molecule has 1 aromatic heterocycles. The van der Waals surface area contributed by atoms with Gasteiger partial charge in [-0.15, -0.1) is 0 Å². The average Bonchev–Trinajstić information content (AvgIpc) is 2.27. The topological polar surface area (TPSA) is 38.9 Å². The minimum absolute atomic E-state index is 0.215. The van der Waals surface area contributed by atoms with Crippen LogP contribution in [0.4, 0.5) is 13.2 Å². The number of hydrogen-bond acceptors (Lipinski definition) is 2. The van der Waals surface area contributed by atoms with E-state index in [-0.39, 0.29) is 6.54 Å². The molecule has 0 spiro atoms. The van der Waals surface area contributed by atoms with E-state index in [4.69, 9.17) is 5.73 Å². The number of rotatable bonds is 1. The van der Waals surface area contributed by atoms with Gasteiger partial charge in [0.2, 0.25) is 0 Å². The Morgan fingerprint density at radius 3 is 2.53 bits per heavy atom. The van der Waals surface area contributed by atoms with Crippen LogP contribution < -0.4 is 5.73 Å². The third kappa shape index (κ3) is 2.24. The summed E-state index contributed by atoms with van der Waals surface area (Å²) in [6, 6.07) is 5.36. The molecule has 90 valence electrons. The molecule has 0 saturated carbocycles. The molecule has 0 unspecified atom stereocenters. The van der Waals surface area contributed by atoms with Crippen LogP contribution in [-0.4, -0.2) is 4.98 Å². The van der Waals surface area contributed by atoms with Gasteiger partial charge >= 0.3 is 6.18 Å². The quantitative estimate of drug-likeness (QED) is 0.832. The molecule has 0 aliphatic rings. The van der Waals surface area contributed by atoms with Crippen LogP contribution in [0.3, 0.4) is 0 Å². The van der Waals surface area contributed by atoms with Gasteiger partial charge in [-0.25, -0.2) is 0 Å². The van der Waals surface area contributed by atoms with Gasteiger partial charge in [0.05, 0.1) is 16.8 Å². The molecule has 0 bridgehead atoms. The number of pyridine rings is 1. The summed E-state index contributed by atoms with van der Waals surface area (Å²) in [4.78, 5) is 4.10. The van der Waals surface area contributed by atoms with Crippen molar-refractivity contribution < 1.29 is 13.2 Å². The van der Waals surface area contributed by atoms with E-state index in [1.54, 1.807) is 6.07 Å². The van der Waals surface area contributed by atoms with Crippen LogP contribution >= 0.6 is 0 Å². The molecule has 0 fully saturated rings. The number of aromatic nitrogens is 1. The largest absolute Gasteiger partial charge is 0.416 e. The van der Waals surface area contributed by atoms with Crippen LogP contribution in [0.2, 0.25) is 0 Å². The summed E-state index contributed by atoms with van der Waals surface area (Å²) in [5.74, 6) is 0. The van der Waals surface area contributed by atoms with E-state index in [0.717, 1.165) is 23.1 Å². The first-order chi connectivity index (χ1) is 7.91. The summed E-state index contributed by atoms with van der Waals surface area (Å²) >= 11 is 0. The normalized spacial score (nSPS) is 12.1. The van der Waals surface area contributed by atoms with Gasteiger partial charge in [-0.3, -0.25) is 4.98 Å². The zero-order valence-electron chi connectivity index (χ0n) is 9.17. The van der Waals surface area contributed by atoms with Crippen LogP contribution in [0.5, 0.6) is 0 Å². The second-order valence-electron chi connectivity index (χ2n) is 3.86. The van der Waals surface area contributed by atoms with Crippen molar-refractivity contribution in [1.29, 1.82) is 0 Å². The molecule has 0 aliphatic heterocycles. The van der Waals surface area contributed by atoms with Crippen molar-refractivity contribution in [1.82, 2.24) is 4.98 Å². The molecule has 2 nitrogen and oxygen atoms in total. The van der Waals surface area contributed by atoms with Crippen molar-refractivity contribution in [3.63, 3.8) is 0 Å². The summed E-state index contributed by atoms with van der Waals surface area (Å²) in [6.45, 7) is 2.05. The highest BCUT2D eigenvalue weighted by Gasteiger charge is 2.30. The molecule has 0 aliphatic carbocycles. The second kappa shape index (κ2) is 4.00. The van der Waals surface area contributed by atoms with Gasteiger partial charge in [0.25, 0.3) is 0 Å². The fourth-order valence-corrected chi connectivity index (χ4v) is 1.75. The highest BCUT2D eigenvalue weighted by atomic mass is 19.4. The van der Waals surface area contributed by atoms with Crippen molar-refractivity contribution in [3.05, 3.63) is 41.1 Å². The molecular formula is C12H11F3N2. The lowest BCUT2D eigenvalue weighted by atomic mass is 10.1. The summed E-state index contributed by atoms with van der Waals surface area (Å²) in [5, 5.41) is 0.718.